The van der Waals surface area contributed by atoms with E-state index in [0.717, 1.165) is 9.13 Å². The number of halogens is 1. The van der Waals surface area contributed by atoms with E-state index in [2.05, 4.69) is 28.7 Å². The molecule has 23 heavy (non-hydrogen) atoms. The molecule has 0 saturated carbocycles. The summed E-state index contributed by atoms with van der Waals surface area (Å²) in [4.78, 5) is 12.1. The zero-order valence-electron chi connectivity index (χ0n) is 14.4. The summed E-state index contributed by atoms with van der Waals surface area (Å²) in [5, 5.41) is 0. The van der Waals surface area contributed by atoms with E-state index >= 15 is 0 Å². The number of hydrogen-bond donors (Lipinski definition) is 0. The van der Waals surface area contributed by atoms with Crippen molar-refractivity contribution < 1.29 is 18.8 Å². The normalized spacial score (nSPS) is 20.3. The average molecular weight is 430 g/mol. The zero-order chi connectivity index (χ0) is 17.3. The highest BCUT2D eigenvalue weighted by Gasteiger charge is 2.54. The third-order valence-corrected chi connectivity index (χ3v) is 5.24. The maximum atomic E-state index is 12.1. The van der Waals surface area contributed by atoms with Gasteiger partial charge in [-0.2, -0.15) is 0 Å². The van der Waals surface area contributed by atoms with Gasteiger partial charge in [0.1, 0.15) is 0 Å². The van der Waals surface area contributed by atoms with Crippen LogP contribution in [-0.4, -0.2) is 30.9 Å². The highest BCUT2D eigenvalue weighted by molar-refractivity contribution is 14.1. The molecule has 2 rings (SSSR count). The van der Waals surface area contributed by atoms with Crippen LogP contribution in [0, 0.1) is 3.57 Å². The Kier molecular flexibility index (Phi) is 5.79. The second kappa shape index (κ2) is 7.11. The molecule has 1 aromatic rings. The molecule has 0 N–H and O–H groups in total. The van der Waals surface area contributed by atoms with Gasteiger partial charge in [-0.3, -0.25) is 4.79 Å². The van der Waals surface area contributed by atoms with Crippen LogP contribution in [0.2, 0.25) is 0 Å². The standard InChI is InChI=1S/C17H24BIO4/c1-6-21-15(20)11-14(12-8-7-9-13(19)10-12)18-22-16(2,3)17(4,5)23-18/h7-10,14H,6,11H2,1-5H3. The van der Waals surface area contributed by atoms with E-state index in [1.807, 2.05) is 52.8 Å². The van der Waals surface area contributed by atoms with E-state index in [1.54, 1.807) is 0 Å². The molecular weight excluding hydrogens is 406 g/mol. The van der Waals surface area contributed by atoms with Crippen molar-refractivity contribution in [1.29, 1.82) is 0 Å². The van der Waals surface area contributed by atoms with Crippen LogP contribution in [0.25, 0.3) is 0 Å². The lowest BCUT2D eigenvalue weighted by molar-refractivity contribution is -0.143. The third-order valence-electron chi connectivity index (χ3n) is 4.57. The molecule has 0 amide bonds. The Morgan fingerprint density at radius 2 is 1.87 bits per heavy atom. The Labute approximate surface area is 152 Å². The molecule has 4 nitrogen and oxygen atoms in total. The van der Waals surface area contributed by atoms with Gasteiger partial charge in [0.05, 0.1) is 24.2 Å². The predicted octanol–water partition coefficient (Wildman–Crippen LogP) is 3.96. The van der Waals surface area contributed by atoms with Crippen LogP contribution in [0.5, 0.6) is 0 Å². The summed E-state index contributed by atoms with van der Waals surface area (Å²) >= 11 is 2.27. The lowest BCUT2D eigenvalue weighted by Crippen LogP contribution is -2.41. The van der Waals surface area contributed by atoms with Crippen molar-refractivity contribution in [3.8, 4) is 0 Å². The van der Waals surface area contributed by atoms with Crippen molar-refractivity contribution in [2.24, 2.45) is 0 Å². The highest BCUT2D eigenvalue weighted by Crippen LogP contribution is 2.41. The molecule has 0 radical (unpaired) electrons. The second-order valence-electron chi connectivity index (χ2n) is 6.80. The lowest BCUT2D eigenvalue weighted by atomic mass is 9.66. The van der Waals surface area contributed by atoms with E-state index in [0.29, 0.717) is 6.61 Å². The molecule has 0 spiro atoms. The lowest BCUT2D eigenvalue weighted by Gasteiger charge is -2.32. The number of ether oxygens (including phenoxy) is 1. The number of carbonyl (C=O) groups is 1. The Bertz CT molecular complexity index is 557. The molecule has 1 unspecified atom stereocenters. The van der Waals surface area contributed by atoms with Gasteiger partial charge in [0.25, 0.3) is 0 Å². The quantitative estimate of drug-likeness (QED) is 0.403. The van der Waals surface area contributed by atoms with E-state index in [1.165, 1.54) is 0 Å². The monoisotopic (exact) mass is 430 g/mol. The molecule has 1 saturated heterocycles. The molecule has 6 heteroatoms. The number of rotatable bonds is 5. The van der Waals surface area contributed by atoms with Crippen LogP contribution in [0.1, 0.15) is 52.4 Å². The minimum atomic E-state index is -0.470. The molecule has 1 aliphatic rings. The van der Waals surface area contributed by atoms with Crippen LogP contribution >= 0.6 is 22.6 Å². The Hall–Kier alpha value is -0.595. The van der Waals surface area contributed by atoms with Gasteiger partial charge in [0, 0.05) is 9.39 Å². The fraction of sp³-hybridized carbons (Fsp3) is 0.588. The number of carbonyl (C=O) groups excluding carboxylic acids is 1. The van der Waals surface area contributed by atoms with E-state index in [4.69, 9.17) is 14.0 Å². The van der Waals surface area contributed by atoms with Crippen molar-refractivity contribution in [1.82, 2.24) is 0 Å². The zero-order valence-corrected chi connectivity index (χ0v) is 16.5. The van der Waals surface area contributed by atoms with E-state index in [9.17, 15) is 4.79 Å². The molecule has 1 atom stereocenters. The van der Waals surface area contributed by atoms with Crippen LogP contribution < -0.4 is 0 Å². The Balaban J connectivity index is 2.29. The molecule has 1 heterocycles. The fourth-order valence-corrected chi connectivity index (χ4v) is 3.13. The molecule has 126 valence electrons. The smallest absolute Gasteiger partial charge is 0.466 e. The number of benzene rings is 1. The van der Waals surface area contributed by atoms with Gasteiger partial charge in [0.2, 0.25) is 0 Å². The topological polar surface area (TPSA) is 44.8 Å². The Morgan fingerprint density at radius 1 is 1.26 bits per heavy atom. The largest absolute Gasteiger partial charge is 0.466 e. The van der Waals surface area contributed by atoms with Crippen molar-refractivity contribution in [2.45, 2.75) is 58.1 Å². The fourth-order valence-electron chi connectivity index (χ4n) is 2.56. The summed E-state index contributed by atoms with van der Waals surface area (Å²) in [6.45, 7) is 10.3. The van der Waals surface area contributed by atoms with Gasteiger partial charge in [0.15, 0.2) is 0 Å². The summed E-state index contributed by atoms with van der Waals surface area (Å²) < 4.78 is 18.6. The van der Waals surface area contributed by atoms with Crippen molar-refractivity contribution in [3.63, 3.8) is 0 Å². The van der Waals surface area contributed by atoms with Gasteiger partial charge in [-0.15, -0.1) is 0 Å². The van der Waals surface area contributed by atoms with Gasteiger partial charge >= 0.3 is 13.1 Å². The summed E-state index contributed by atoms with van der Waals surface area (Å²) in [5.74, 6) is -0.420. The molecule has 0 bridgehead atoms. The van der Waals surface area contributed by atoms with Gasteiger partial charge in [-0.25, -0.2) is 0 Å². The third kappa shape index (κ3) is 4.28. The van der Waals surface area contributed by atoms with Crippen molar-refractivity contribution in [3.05, 3.63) is 33.4 Å². The van der Waals surface area contributed by atoms with Crippen LogP contribution in [0.3, 0.4) is 0 Å². The second-order valence-corrected chi connectivity index (χ2v) is 8.04. The molecule has 1 aliphatic heterocycles. The average Bonchev–Trinajstić information content (AvgIpc) is 2.65. The Morgan fingerprint density at radius 3 is 2.39 bits per heavy atom. The van der Waals surface area contributed by atoms with E-state index < -0.39 is 18.3 Å². The SMILES string of the molecule is CCOC(=O)CC(B1OC(C)(C)C(C)(C)O1)c1cccc(I)c1. The summed E-state index contributed by atoms with van der Waals surface area (Å²) in [5.41, 5.74) is 0.183. The predicted molar refractivity (Wildman–Crippen MR) is 99.2 cm³/mol. The first-order valence-corrected chi connectivity index (χ1v) is 9.01. The first-order chi connectivity index (χ1) is 10.7. The van der Waals surface area contributed by atoms with E-state index in [-0.39, 0.29) is 18.2 Å². The minimum absolute atomic E-state index is 0.190. The minimum Gasteiger partial charge on any atom is -0.466 e. The van der Waals surface area contributed by atoms with Gasteiger partial charge in [-0.1, -0.05) is 12.1 Å². The summed E-state index contributed by atoms with van der Waals surface area (Å²) in [6.07, 6.45) is 0.241. The molecular formula is C17H24BIO4. The summed E-state index contributed by atoms with van der Waals surface area (Å²) in [7, 11) is -0.470. The molecule has 1 aromatic carbocycles. The van der Waals surface area contributed by atoms with Crippen LogP contribution in [-0.2, 0) is 18.8 Å². The highest BCUT2D eigenvalue weighted by atomic mass is 127. The number of hydrogen-bond acceptors (Lipinski definition) is 4. The first-order valence-electron chi connectivity index (χ1n) is 7.93. The van der Waals surface area contributed by atoms with Crippen LogP contribution in [0.4, 0.5) is 0 Å². The molecule has 0 aromatic heterocycles. The number of esters is 1. The first kappa shape index (κ1) is 18.7. The maximum Gasteiger partial charge on any atom is 0.466 e. The van der Waals surface area contributed by atoms with Gasteiger partial charge in [-0.05, 0) is 74.9 Å². The maximum absolute atomic E-state index is 12.1. The van der Waals surface area contributed by atoms with Crippen molar-refractivity contribution in [2.75, 3.05) is 6.61 Å². The molecule has 1 fully saturated rings. The van der Waals surface area contributed by atoms with Gasteiger partial charge < -0.3 is 14.0 Å². The van der Waals surface area contributed by atoms with Crippen LogP contribution in [0.15, 0.2) is 24.3 Å². The van der Waals surface area contributed by atoms with Crippen molar-refractivity contribution >= 4 is 35.7 Å². The molecule has 0 aliphatic carbocycles. The summed E-state index contributed by atoms with van der Waals surface area (Å²) in [6, 6.07) is 8.09.